The molecule has 0 aromatic carbocycles. The van der Waals surface area contributed by atoms with Crippen molar-refractivity contribution in [2.75, 3.05) is 30.0 Å². The number of aromatic nitrogens is 2. The van der Waals surface area contributed by atoms with Crippen LogP contribution in [0.5, 0.6) is 0 Å². The lowest BCUT2D eigenvalue weighted by molar-refractivity contribution is -0.144. The number of carbonyl (C=O) groups excluding carboxylic acids is 1. The molecule has 1 aromatic rings. The van der Waals surface area contributed by atoms with Crippen LogP contribution in [-0.2, 0) is 11.0 Å². The SMILES string of the molecule is NNc1cc(N2CCCNC(=O)C2)nc(C(F)(F)F)n1. The number of nitrogen functional groups attached to an aromatic ring is 1. The van der Waals surface area contributed by atoms with E-state index in [0.29, 0.717) is 19.5 Å². The molecule has 0 aliphatic carbocycles. The van der Waals surface area contributed by atoms with Crippen molar-refractivity contribution in [3.63, 3.8) is 0 Å². The highest BCUT2D eigenvalue weighted by Gasteiger charge is 2.36. The number of hydrogen-bond acceptors (Lipinski definition) is 6. The van der Waals surface area contributed by atoms with E-state index in [1.807, 2.05) is 0 Å². The standard InChI is InChI=1S/C10H13F3N6O/c11-10(12,13)9-16-6(18-14)4-7(17-9)19-3-1-2-15-8(20)5-19/h4H,1-3,5,14H2,(H,15,20)(H,16,17,18). The summed E-state index contributed by atoms with van der Waals surface area (Å²) in [6.07, 6.45) is -4.07. The second-order valence-electron chi connectivity index (χ2n) is 4.20. The van der Waals surface area contributed by atoms with Gasteiger partial charge in [-0.25, -0.2) is 15.8 Å². The third-order valence-electron chi connectivity index (χ3n) is 2.70. The van der Waals surface area contributed by atoms with Gasteiger partial charge in [-0.05, 0) is 6.42 Å². The molecule has 1 aliphatic heterocycles. The van der Waals surface area contributed by atoms with Gasteiger partial charge in [-0.1, -0.05) is 0 Å². The van der Waals surface area contributed by atoms with Crippen LogP contribution in [0.1, 0.15) is 12.2 Å². The van der Waals surface area contributed by atoms with Gasteiger partial charge in [0.05, 0.1) is 6.54 Å². The molecule has 0 unspecified atom stereocenters. The number of anilines is 2. The van der Waals surface area contributed by atoms with Gasteiger partial charge >= 0.3 is 6.18 Å². The summed E-state index contributed by atoms with van der Waals surface area (Å²) >= 11 is 0. The van der Waals surface area contributed by atoms with Crippen LogP contribution >= 0.6 is 0 Å². The Hall–Kier alpha value is -2.10. The van der Waals surface area contributed by atoms with Crippen molar-refractivity contribution in [3.8, 4) is 0 Å². The Bertz CT molecular complexity index is 506. The van der Waals surface area contributed by atoms with E-state index in [-0.39, 0.29) is 24.1 Å². The summed E-state index contributed by atoms with van der Waals surface area (Å²) in [6.45, 7) is 0.837. The highest BCUT2D eigenvalue weighted by molar-refractivity contribution is 5.81. The molecule has 4 N–H and O–H groups in total. The van der Waals surface area contributed by atoms with Gasteiger partial charge in [0.15, 0.2) is 0 Å². The number of nitrogens with zero attached hydrogens (tertiary/aromatic N) is 3. The number of nitrogens with two attached hydrogens (primary N) is 1. The molecule has 0 spiro atoms. The van der Waals surface area contributed by atoms with E-state index in [2.05, 4.69) is 20.7 Å². The largest absolute Gasteiger partial charge is 0.451 e. The van der Waals surface area contributed by atoms with Gasteiger partial charge < -0.3 is 15.6 Å². The number of alkyl halides is 3. The summed E-state index contributed by atoms with van der Waals surface area (Å²) in [6, 6.07) is 1.27. The average molecular weight is 290 g/mol. The summed E-state index contributed by atoms with van der Waals surface area (Å²) in [5, 5.41) is 2.63. The monoisotopic (exact) mass is 290 g/mol. The molecule has 110 valence electrons. The zero-order chi connectivity index (χ0) is 14.8. The van der Waals surface area contributed by atoms with Crippen LogP contribution < -0.4 is 21.5 Å². The highest BCUT2D eigenvalue weighted by atomic mass is 19.4. The Balaban J connectivity index is 2.36. The van der Waals surface area contributed by atoms with Crippen molar-refractivity contribution >= 4 is 17.5 Å². The first-order chi connectivity index (χ1) is 9.40. The van der Waals surface area contributed by atoms with Gasteiger partial charge in [-0.2, -0.15) is 13.2 Å². The fraction of sp³-hybridized carbons (Fsp3) is 0.500. The van der Waals surface area contributed by atoms with Crippen LogP contribution in [0.2, 0.25) is 0 Å². The molecule has 2 heterocycles. The lowest BCUT2D eigenvalue weighted by Crippen LogP contribution is -2.34. The molecule has 20 heavy (non-hydrogen) atoms. The van der Waals surface area contributed by atoms with Gasteiger partial charge in [-0.3, -0.25) is 4.79 Å². The molecule has 0 atom stereocenters. The fourth-order valence-electron chi connectivity index (χ4n) is 1.80. The molecular formula is C10H13F3N6O. The normalized spacial score (nSPS) is 16.6. The predicted octanol–water partition coefficient (Wildman–Crippen LogP) is 0.107. The number of hydrogen-bond donors (Lipinski definition) is 3. The van der Waals surface area contributed by atoms with Crippen LogP contribution in [0.4, 0.5) is 24.8 Å². The van der Waals surface area contributed by atoms with Crippen LogP contribution in [0.25, 0.3) is 0 Å². The first kappa shape index (κ1) is 14.3. The summed E-state index contributed by atoms with van der Waals surface area (Å²) in [5.74, 6) is 3.40. The fourth-order valence-corrected chi connectivity index (χ4v) is 1.80. The Morgan fingerprint density at radius 3 is 2.80 bits per heavy atom. The number of carbonyl (C=O) groups is 1. The summed E-state index contributed by atoms with van der Waals surface area (Å²) in [5.41, 5.74) is 2.07. The van der Waals surface area contributed by atoms with Crippen molar-refractivity contribution in [3.05, 3.63) is 11.9 Å². The van der Waals surface area contributed by atoms with E-state index in [1.165, 1.54) is 11.0 Å². The predicted molar refractivity (Wildman–Crippen MR) is 64.7 cm³/mol. The van der Waals surface area contributed by atoms with Gasteiger partial charge in [0.2, 0.25) is 11.7 Å². The summed E-state index contributed by atoms with van der Waals surface area (Å²) in [7, 11) is 0. The first-order valence-electron chi connectivity index (χ1n) is 5.84. The minimum atomic E-state index is -4.68. The third-order valence-corrected chi connectivity index (χ3v) is 2.70. The van der Waals surface area contributed by atoms with Gasteiger partial charge in [0.25, 0.3) is 0 Å². The zero-order valence-corrected chi connectivity index (χ0v) is 10.4. The molecule has 1 amide bonds. The maximum Gasteiger partial charge on any atom is 0.451 e. The Labute approximate surface area is 112 Å². The number of halogens is 3. The Morgan fingerprint density at radius 2 is 2.15 bits per heavy atom. The molecule has 1 aliphatic rings. The van der Waals surface area contributed by atoms with E-state index in [9.17, 15) is 18.0 Å². The molecule has 1 aromatic heterocycles. The van der Waals surface area contributed by atoms with E-state index < -0.39 is 12.0 Å². The lowest BCUT2D eigenvalue weighted by Gasteiger charge is -2.21. The third kappa shape index (κ3) is 3.26. The van der Waals surface area contributed by atoms with Gasteiger partial charge in [0, 0.05) is 19.2 Å². The van der Waals surface area contributed by atoms with Crippen LogP contribution in [0, 0.1) is 0 Å². The van der Waals surface area contributed by atoms with Crippen molar-refractivity contribution in [1.82, 2.24) is 15.3 Å². The number of hydrazine groups is 1. The smallest absolute Gasteiger partial charge is 0.354 e. The van der Waals surface area contributed by atoms with Crippen molar-refractivity contribution in [2.24, 2.45) is 5.84 Å². The van der Waals surface area contributed by atoms with E-state index >= 15 is 0 Å². The number of nitrogens with one attached hydrogen (secondary N) is 2. The zero-order valence-electron chi connectivity index (χ0n) is 10.4. The quantitative estimate of drug-likeness (QED) is 0.528. The first-order valence-corrected chi connectivity index (χ1v) is 5.84. The molecule has 1 fully saturated rings. The summed E-state index contributed by atoms with van der Waals surface area (Å²) < 4.78 is 38.2. The number of amides is 1. The van der Waals surface area contributed by atoms with Crippen molar-refractivity contribution in [1.29, 1.82) is 0 Å². The van der Waals surface area contributed by atoms with Crippen LogP contribution in [-0.4, -0.2) is 35.5 Å². The van der Waals surface area contributed by atoms with E-state index in [0.717, 1.165) is 0 Å². The van der Waals surface area contributed by atoms with Crippen LogP contribution in [0.15, 0.2) is 6.07 Å². The molecule has 7 nitrogen and oxygen atoms in total. The topological polar surface area (TPSA) is 96.2 Å². The second-order valence-corrected chi connectivity index (χ2v) is 4.20. The molecular weight excluding hydrogens is 277 g/mol. The number of rotatable bonds is 2. The lowest BCUT2D eigenvalue weighted by atomic mass is 10.3. The molecule has 10 heteroatoms. The molecule has 0 bridgehead atoms. The van der Waals surface area contributed by atoms with Crippen molar-refractivity contribution in [2.45, 2.75) is 12.6 Å². The second kappa shape index (κ2) is 5.49. The van der Waals surface area contributed by atoms with Gasteiger partial charge in [0.1, 0.15) is 11.6 Å². The molecule has 0 radical (unpaired) electrons. The van der Waals surface area contributed by atoms with Gasteiger partial charge in [-0.15, -0.1) is 0 Å². The molecule has 1 saturated heterocycles. The molecule has 0 saturated carbocycles. The van der Waals surface area contributed by atoms with Crippen molar-refractivity contribution < 1.29 is 18.0 Å². The maximum absolute atomic E-state index is 12.7. The maximum atomic E-state index is 12.7. The molecule has 2 rings (SSSR count). The Kier molecular flexibility index (Phi) is 3.93. The highest BCUT2D eigenvalue weighted by Crippen LogP contribution is 2.29. The Morgan fingerprint density at radius 1 is 1.40 bits per heavy atom. The summed E-state index contributed by atoms with van der Waals surface area (Å²) in [4.78, 5) is 19.6. The average Bonchev–Trinajstić information content (AvgIpc) is 2.62. The van der Waals surface area contributed by atoms with Crippen LogP contribution in [0.3, 0.4) is 0 Å². The minimum Gasteiger partial charge on any atom is -0.354 e. The van der Waals surface area contributed by atoms with E-state index in [1.54, 1.807) is 0 Å². The van der Waals surface area contributed by atoms with E-state index in [4.69, 9.17) is 5.84 Å². The minimum absolute atomic E-state index is 0.0114.